The van der Waals surface area contributed by atoms with Crippen molar-refractivity contribution in [2.24, 2.45) is 0 Å². The van der Waals surface area contributed by atoms with Gasteiger partial charge >= 0.3 is 0 Å². The highest BCUT2D eigenvalue weighted by molar-refractivity contribution is 6.42. The van der Waals surface area contributed by atoms with Crippen LogP contribution < -0.4 is 5.32 Å². The van der Waals surface area contributed by atoms with Crippen LogP contribution in [0.1, 0.15) is 15.9 Å². The van der Waals surface area contributed by atoms with E-state index in [2.05, 4.69) is 5.32 Å². The first-order valence-corrected chi connectivity index (χ1v) is 7.16. The van der Waals surface area contributed by atoms with Crippen LogP contribution >= 0.6 is 46.4 Å². The molecule has 104 valence electrons. The molecule has 2 aromatic carbocycles. The van der Waals surface area contributed by atoms with Crippen molar-refractivity contribution < 1.29 is 4.79 Å². The molecular weight excluding hydrogens is 340 g/mol. The molecule has 1 amide bonds. The number of amides is 1. The van der Waals surface area contributed by atoms with E-state index in [0.717, 1.165) is 5.56 Å². The van der Waals surface area contributed by atoms with E-state index in [1.54, 1.807) is 30.3 Å². The summed E-state index contributed by atoms with van der Waals surface area (Å²) in [6.45, 7) is 0.328. The number of nitrogens with one attached hydrogen (secondary N) is 1. The fourth-order valence-electron chi connectivity index (χ4n) is 1.60. The molecule has 0 spiro atoms. The number of benzene rings is 2. The van der Waals surface area contributed by atoms with Crippen molar-refractivity contribution >= 4 is 52.3 Å². The average Bonchev–Trinajstić information content (AvgIpc) is 2.40. The second-order valence-corrected chi connectivity index (χ2v) is 5.71. The molecule has 2 rings (SSSR count). The van der Waals surface area contributed by atoms with E-state index < -0.39 is 0 Å². The van der Waals surface area contributed by atoms with Crippen LogP contribution in [0.5, 0.6) is 0 Å². The molecule has 6 heteroatoms. The minimum atomic E-state index is -0.280. The van der Waals surface area contributed by atoms with Gasteiger partial charge in [0.05, 0.1) is 20.6 Å². The van der Waals surface area contributed by atoms with Crippen molar-refractivity contribution in [3.05, 3.63) is 67.6 Å². The molecule has 0 fully saturated rings. The van der Waals surface area contributed by atoms with E-state index in [-0.39, 0.29) is 5.91 Å². The molecule has 0 aromatic heterocycles. The van der Waals surface area contributed by atoms with Gasteiger partial charge in [0.15, 0.2) is 0 Å². The number of carbonyl (C=O) groups excluding carboxylic acids is 1. The molecule has 0 aliphatic rings. The highest BCUT2D eigenvalue weighted by Crippen LogP contribution is 2.23. The first kappa shape index (κ1) is 15.5. The molecule has 0 heterocycles. The summed E-state index contributed by atoms with van der Waals surface area (Å²) in [7, 11) is 0. The summed E-state index contributed by atoms with van der Waals surface area (Å²) in [5.74, 6) is -0.280. The molecule has 0 aliphatic carbocycles. The largest absolute Gasteiger partial charge is 0.348 e. The minimum Gasteiger partial charge on any atom is -0.348 e. The fraction of sp³-hybridized carbons (Fsp3) is 0.0714. The molecule has 0 saturated carbocycles. The Balaban J connectivity index is 2.06. The van der Waals surface area contributed by atoms with Crippen molar-refractivity contribution in [3.63, 3.8) is 0 Å². The third-order valence-electron chi connectivity index (χ3n) is 2.61. The highest BCUT2D eigenvalue weighted by atomic mass is 35.5. The molecule has 0 saturated heterocycles. The van der Waals surface area contributed by atoms with Gasteiger partial charge in [-0.1, -0.05) is 52.5 Å². The SMILES string of the molecule is O=C(NCc1ccc(Cl)c(Cl)c1)c1ccc(Cl)cc1Cl. The monoisotopic (exact) mass is 347 g/mol. The molecular formula is C14H9Cl4NO. The predicted molar refractivity (Wildman–Crippen MR) is 84.1 cm³/mol. The van der Waals surface area contributed by atoms with Crippen molar-refractivity contribution in [3.8, 4) is 0 Å². The third kappa shape index (κ3) is 3.80. The van der Waals surface area contributed by atoms with Gasteiger partial charge in [0.2, 0.25) is 0 Å². The number of carbonyl (C=O) groups is 1. The Kier molecular flexibility index (Phi) is 5.17. The Bertz CT molecular complexity index is 658. The molecule has 0 aliphatic heterocycles. The summed E-state index contributed by atoms with van der Waals surface area (Å²) in [6.07, 6.45) is 0. The number of rotatable bonds is 3. The van der Waals surface area contributed by atoms with E-state index in [1.807, 2.05) is 0 Å². The van der Waals surface area contributed by atoms with Gasteiger partial charge in [-0.15, -0.1) is 0 Å². The lowest BCUT2D eigenvalue weighted by Gasteiger charge is -2.08. The minimum absolute atomic E-state index is 0.280. The van der Waals surface area contributed by atoms with Crippen LogP contribution in [0.15, 0.2) is 36.4 Å². The second-order valence-electron chi connectivity index (χ2n) is 4.06. The first-order chi connectivity index (χ1) is 9.47. The van der Waals surface area contributed by atoms with Crippen LogP contribution in [0.2, 0.25) is 20.1 Å². The lowest BCUT2D eigenvalue weighted by molar-refractivity contribution is 0.0951. The van der Waals surface area contributed by atoms with Crippen LogP contribution in [-0.2, 0) is 6.54 Å². The van der Waals surface area contributed by atoms with E-state index in [9.17, 15) is 4.79 Å². The molecule has 20 heavy (non-hydrogen) atoms. The maximum Gasteiger partial charge on any atom is 0.253 e. The highest BCUT2D eigenvalue weighted by Gasteiger charge is 2.10. The Morgan fingerprint density at radius 1 is 0.900 bits per heavy atom. The van der Waals surface area contributed by atoms with E-state index in [1.165, 1.54) is 6.07 Å². The van der Waals surface area contributed by atoms with Crippen LogP contribution in [0, 0.1) is 0 Å². The van der Waals surface area contributed by atoms with Crippen LogP contribution in [0.4, 0.5) is 0 Å². The van der Waals surface area contributed by atoms with E-state index in [4.69, 9.17) is 46.4 Å². The molecule has 2 nitrogen and oxygen atoms in total. The molecule has 1 N–H and O–H groups in total. The maximum atomic E-state index is 12.0. The molecule has 0 radical (unpaired) electrons. The molecule has 0 atom stereocenters. The Morgan fingerprint density at radius 3 is 2.30 bits per heavy atom. The third-order valence-corrected chi connectivity index (χ3v) is 3.90. The van der Waals surface area contributed by atoms with Crippen LogP contribution in [0.3, 0.4) is 0 Å². The van der Waals surface area contributed by atoms with Gasteiger partial charge in [-0.2, -0.15) is 0 Å². The average molecular weight is 349 g/mol. The van der Waals surface area contributed by atoms with Gasteiger partial charge in [-0.25, -0.2) is 0 Å². The van der Waals surface area contributed by atoms with Crippen molar-refractivity contribution in [1.29, 1.82) is 0 Å². The normalized spacial score (nSPS) is 10.4. The van der Waals surface area contributed by atoms with Crippen molar-refractivity contribution in [2.75, 3.05) is 0 Å². The lowest BCUT2D eigenvalue weighted by atomic mass is 10.2. The van der Waals surface area contributed by atoms with Crippen LogP contribution in [0.25, 0.3) is 0 Å². The summed E-state index contributed by atoms with van der Waals surface area (Å²) >= 11 is 23.5. The standard InChI is InChI=1S/C14H9Cl4NO/c15-9-2-3-10(12(17)6-9)14(20)19-7-8-1-4-11(16)13(18)5-8/h1-6H,7H2,(H,19,20). The van der Waals surface area contributed by atoms with E-state index >= 15 is 0 Å². The molecule has 0 unspecified atom stereocenters. The van der Waals surface area contributed by atoms with Gasteiger partial charge in [-0.3, -0.25) is 4.79 Å². The Hall–Kier alpha value is -0.930. The molecule has 0 bridgehead atoms. The zero-order valence-electron chi connectivity index (χ0n) is 10.1. The van der Waals surface area contributed by atoms with Gasteiger partial charge in [0, 0.05) is 11.6 Å². The molecule has 2 aromatic rings. The topological polar surface area (TPSA) is 29.1 Å². The lowest BCUT2D eigenvalue weighted by Crippen LogP contribution is -2.23. The number of hydrogen-bond donors (Lipinski definition) is 1. The van der Waals surface area contributed by atoms with Crippen molar-refractivity contribution in [2.45, 2.75) is 6.54 Å². The maximum absolute atomic E-state index is 12.0. The van der Waals surface area contributed by atoms with Gasteiger partial charge in [-0.05, 0) is 35.9 Å². The van der Waals surface area contributed by atoms with Gasteiger partial charge in [0.1, 0.15) is 0 Å². The summed E-state index contributed by atoms with van der Waals surface area (Å²) in [4.78, 5) is 12.0. The fourth-order valence-corrected chi connectivity index (χ4v) is 2.42. The predicted octanol–water partition coefficient (Wildman–Crippen LogP) is 5.23. The zero-order valence-corrected chi connectivity index (χ0v) is 13.1. The van der Waals surface area contributed by atoms with E-state index in [0.29, 0.717) is 32.2 Å². The van der Waals surface area contributed by atoms with Gasteiger partial charge < -0.3 is 5.32 Å². The number of halogens is 4. The smallest absolute Gasteiger partial charge is 0.253 e. The summed E-state index contributed by atoms with van der Waals surface area (Å²) in [6, 6.07) is 9.89. The summed E-state index contributed by atoms with van der Waals surface area (Å²) in [5.41, 5.74) is 1.22. The number of hydrogen-bond acceptors (Lipinski definition) is 1. The Labute approximate surface area is 136 Å². The van der Waals surface area contributed by atoms with Gasteiger partial charge in [0.25, 0.3) is 5.91 Å². The van der Waals surface area contributed by atoms with Crippen molar-refractivity contribution in [1.82, 2.24) is 5.32 Å². The summed E-state index contributed by atoms with van der Waals surface area (Å²) in [5, 5.41) is 4.47. The second kappa shape index (κ2) is 6.68. The first-order valence-electron chi connectivity index (χ1n) is 5.64. The zero-order chi connectivity index (χ0) is 14.7. The van der Waals surface area contributed by atoms with Crippen LogP contribution in [-0.4, -0.2) is 5.91 Å². The Morgan fingerprint density at radius 2 is 1.65 bits per heavy atom. The summed E-state index contributed by atoms with van der Waals surface area (Å²) < 4.78 is 0. The quantitative estimate of drug-likeness (QED) is 0.808.